The molecule has 32 heteroatoms. The summed E-state index contributed by atoms with van der Waals surface area (Å²) in [4.78, 5) is 49.4. The van der Waals surface area contributed by atoms with Crippen molar-refractivity contribution in [2.75, 3.05) is 5.73 Å². The van der Waals surface area contributed by atoms with E-state index in [-0.39, 0.29) is 64.1 Å². The van der Waals surface area contributed by atoms with E-state index in [4.69, 9.17) is 35.6 Å². The van der Waals surface area contributed by atoms with Gasteiger partial charge in [-0.3, -0.25) is 14.4 Å². The van der Waals surface area contributed by atoms with Gasteiger partial charge in [0.2, 0.25) is 0 Å². The van der Waals surface area contributed by atoms with E-state index in [2.05, 4.69) is 76.9 Å². The SMILES string of the molecule is CC(C)(Br)C(=O)O.Fc1cc(Br)cc2[nH]ccc12.Fc1ccc(-c2cc(F)c3cc[nH]c3c2)cc1.O[B]Oc1ccc(F)cc1.[C-]#[N+]c1ccc(CC(=O)C(C)(C)Br)cc1C(F)(F)F.[C-]#[N+]c1ccc(CC(=O)C(C)(C)n2ccc3c(F)cc(-c4ccc(F)cc4)cc32)cc1C(F)(F)F.[C-]#[N+]c1ccc(N)cc1C(F)(F)F. The highest BCUT2D eigenvalue weighted by molar-refractivity contribution is 9.10. The molecule has 581 valence electrons. The lowest BCUT2D eigenvalue weighted by Crippen LogP contribution is -2.36. The highest BCUT2D eigenvalue weighted by Crippen LogP contribution is 2.41. The number of alkyl halides is 11. The molecule has 0 unspecified atom stereocenters. The summed E-state index contributed by atoms with van der Waals surface area (Å²) in [5, 5.41) is 17.8. The van der Waals surface area contributed by atoms with Gasteiger partial charge in [-0.2, -0.15) is 39.5 Å². The Morgan fingerprint density at radius 1 is 0.482 bits per heavy atom. The number of nitrogens with two attached hydrogens (primary N) is 1. The number of H-pyrrole nitrogens is 2. The number of carbonyl (C=O) groups excluding carboxylic acids is 2. The van der Waals surface area contributed by atoms with E-state index >= 15 is 0 Å². The summed E-state index contributed by atoms with van der Waals surface area (Å²) in [6, 6.07) is 41.1. The van der Waals surface area contributed by atoms with E-state index in [0.29, 0.717) is 40.9 Å². The van der Waals surface area contributed by atoms with Crippen LogP contribution in [0, 0.1) is 54.6 Å². The number of carbonyl (C=O) groups is 3. The van der Waals surface area contributed by atoms with Gasteiger partial charge >= 0.3 is 32.2 Å². The van der Waals surface area contributed by atoms with Crippen molar-refractivity contribution in [1.82, 2.24) is 14.5 Å². The summed E-state index contributed by atoms with van der Waals surface area (Å²) in [7, 11) is 0.549. The van der Waals surface area contributed by atoms with Crippen molar-refractivity contribution in [3.63, 3.8) is 0 Å². The summed E-state index contributed by atoms with van der Waals surface area (Å²) in [6.07, 6.45) is -9.28. The van der Waals surface area contributed by atoms with Crippen molar-refractivity contribution in [2.45, 2.75) is 87.1 Å². The van der Waals surface area contributed by atoms with Crippen LogP contribution in [0.5, 0.6) is 5.75 Å². The molecule has 3 heterocycles. The summed E-state index contributed by atoms with van der Waals surface area (Å²) in [5.41, 5.74) is 4.40. The number of aliphatic carboxylic acids is 1. The van der Waals surface area contributed by atoms with Gasteiger partial charge in [-0.1, -0.05) is 115 Å². The third-order valence-electron chi connectivity index (χ3n) is 15.9. The maximum atomic E-state index is 14.9. The number of fused-ring (bicyclic) bond motifs is 3. The lowest BCUT2D eigenvalue weighted by molar-refractivity contribution is -0.139. The van der Waals surface area contributed by atoms with Gasteiger partial charge in [-0.15, -0.1) is 0 Å². The molecule has 112 heavy (non-hydrogen) atoms. The standard InChI is InChI=1S/C27H19F5N2O.C14H9F2N.C13H11BrF3NO.C8H5BrFN.C8H5F3N2.C6H5BFO2.C4H7BrO2/c1-26(2,25(35)13-16-4-9-23(33-3)21(12-16)27(30,31)32)34-11-10-20-22(29)14-18(15-24(20)34)17-5-7-19(28)8-6-17;15-11-3-1-9(2-4-11)10-7-13(16)12-5-6-17-14(12)8-10;1-12(2,14)11(19)7-8-4-5-10(18-3)9(6-8)13(15,16)17;9-5-3-7(10)6-1-2-11-8(6)4-5;1-13-7-3-2-5(12)4-6(7)8(9,10)11;8-5-1-3-6(4-2-5)10-7-9;1-4(2,5)3(6)7/h4-12,14-15H,13H2,1-2H3;1-8,17H;4-6H,7H2,1-2H3;1-4,11H;2-4H,12H2;1-4,9H;1-2H3,(H,6,7). The molecule has 0 aliphatic rings. The van der Waals surface area contributed by atoms with Crippen LogP contribution in [0.3, 0.4) is 0 Å². The maximum absolute atomic E-state index is 14.9. The molecule has 0 aliphatic carbocycles. The van der Waals surface area contributed by atoms with Gasteiger partial charge in [0.05, 0.1) is 51.8 Å². The van der Waals surface area contributed by atoms with Crippen LogP contribution in [0.2, 0.25) is 0 Å². The average molecular weight is 1750 g/mol. The number of aromatic nitrogens is 3. The molecular weight excluding hydrogens is 1690 g/mol. The highest BCUT2D eigenvalue weighted by Gasteiger charge is 2.37. The molecule has 0 saturated heterocycles. The van der Waals surface area contributed by atoms with Gasteiger partial charge in [0.15, 0.2) is 28.6 Å². The first-order chi connectivity index (χ1) is 52.2. The lowest BCUT2D eigenvalue weighted by atomic mass is 9.92. The second kappa shape index (κ2) is 38.2. The van der Waals surface area contributed by atoms with Crippen LogP contribution in [-0.4, -0.2) is 58.5 Å². The summed E-state index contributed by atoms with van der Waals surface area (Å²) < 4.78 is 200. The molecule has 0 bridgehead atoms. The van der Waals surface area contributed by atoms with E-state index < -0.39 is 89.9 Å². The molecule has 1 radical (unpaired) electrons. The molecule has 9 aromatic carbocycles. The number of Topliss-reactive ketones (excluding diaryl/α,β-unsaturated/α-hetero) is 2. The van der Waals surface area contributed by atoms with Crippen molar-refractivity contribution in [3.8, 4) is 28.0 Å². The Labute approximate surface area is 657 Å². The molecule has 12 aromatic rings. The Hall–Kier alpha value is -11.1. The molecule has 6 N–H and O–H groups in total. The van der Waals surface area contributed by atoms with Crippen molar-refractivity contribution in [1.29, 1.82) is 0 Å². The van der Waals surface area contributed by atoms with Crippen LogP contribution in [0.25, 0.3) is 69.5 Å². The molecule has 3 aromatic heterocycles. The third kappa shape index (κ3) is 25.2. The normalized spacial score (nSPS) is 11.3. The van der Waals surface area contributed by atoms with Crippen molar-refractivity contribution in [2.24, 2.45) is 0 Å². The maximum Gasteiger partial charge on any atom is 0.569 e. The van der Waals surface area contributed by atoms with Gasteiger partial charge < -0.3 is 35.1 Å². The van der Waals surface area contributed by atoms with Crippen molar-refractivity contribution >= 4 is 128 Å². The number of benzene rings is 9. The number of carboxylic acids is 1. The largest absolute Gasteiger partial charge is 0.569 e. The van der Waals surface area contributed by atoms with E-state index in [1.54, 1.807) is 95.0 Å². The Balaban J connectivity index is 0.000000218. The number of hydrogen-bond donors (Lipinski definition) is 5. The fourth-order valence-corrected chi connectivity index (χ4v) is 10.5. The van der Waals surface area contributed by atoms with Gasteiger partial charge in [-0.05, 0) is 190 Å². The number of aromatic amines is 2. The van der Waals surface area contributed by atoms with Gasteiger partial charge in [0, 0.05) is 68.8 Å². The number of halogens is 18. The lowest BCUT2D eigenvalue weighted by Gasteiger charge is -2.27. The Morgan fingerprint density at radius 2 is 0.866 bits per heavy atom. The van der Waals surface area contributed by atoms with Crippen molar-refractivity contribution in [3.05, 3.63) is 302 Å². The zero-order valence-corrected chi connectivity index (χ0v) is 64.0. The highest BCUT2D eigenvalue weighted by atomic mass is 79.9. The second-order valence-corrected chi connectivity index (χ2v) is 30.2. The summed E-state index contributed by atoms with van der Waals surface area (Å²) in [5.74, 6) is -3.10. The van der Waals surface area contributed by atoms with E-state index in [0.717, 1.165) is 63.0 Å². The quantitative estimate of drug-likeness (QED) is 0.0266. The zero-order valence-electron chi connectivity index (χ0n) is 59.2. The third-order valence-corrected chi connectivity index (χ3v) is 17.2. The number of ketones is 2. The van der Waals surface area contributed by atoms with E-state index in [9.17, 15) is 80.2 Å². The van der Waals surface area contributed by atoms with Crippen LogP contribution in [-0.2, 0) is 51.3 Å². The van der Waals surface area contributed by atoms with E-state index in [1.807, 2.05) is 12.1 Å². The molecule has 0 aliphatic heterocycles. The molecular formula is C80H61BBr3F15N7O6. The second-order valence-electron chi connectivity index (χ2n) is 25.3. The fraction of sp³-hybridized carbons (Fsp3) is 0.175. The average Bonchev–Trinajstić information content (AvgIpc) is 1.60. The number of anilines is 1. The van der Waals surface area contributed by atoms with Crippen molar-refractivity contribution < 1.29 is 95.0 Å². The monoisotopic (exact) mass is 1750 g/mol. The van der Waals surface area contributed by atoms with Crippen LogP contribution in [0.4, 0.5) is 88.6 Å². The number of carboxylic acid groups (broad SMARTS) is 1. The molecule has 0 atom stereocenters. The molecule has 0 spiro atoms. The number of hydrogen-bond acceptors (Lipinski definition) is 6. The zero-order chi connectivity index (χ0) is 83.6. The van der Waals surface area contributed by atoms with Crippen LogP contribution in [0.15, 0.2) is 205 Å². The van der Waals surface area contributed by atoms with Crippen LogP contribution < -0.4 is 10.4 Å². The molecule has 13 nitrogen and oxygen atoms in total. The first kappa shape index (κ1) is 89.8. The molecule has 0 amide bonds. The Morgan fingerprint density at radius 3 is 1.28 bits per heavy atom. The van der Waals surface area contributed by atoms with Gasteiger partial charge in [0.1, 0.15) is 45.0 Å². The minimum Gasteiger partial charge on any atom is -0.537 e. The van der Waals surface area contributed by atoms with Gasteiger partial charge in [0.25, 0.3) is 0 Å². The Bertz CT molecular complexity index is 5440. The molecule has 0 saturated carbocycles. The summed E-state index contributed by atoms with van der Waals surface area (Å²) >= 11 is 9.32. The first-order valence-electron chi connectivity index (χ1n) is 32.3. The predicted octanol–water partition coefficient (Wildman–Crippen LogP) is 24.2. The number of rotatable bonds is 12. The number of nitrogen functional groups attached to an aromatic ring is 1. The molecule has 0 fully saturated rings. The van der Waals surface area contributed by atoms with Gasteiger partial charge in [-0.25, -0.2) is 40.9 Å². The smallest absolute Gasteiger partial charge is 0.537 e. The van der Waals surface area contributed by atoms with Crippen LogP contribution >= 0.6 is 47.8 Å². The molecule has 12 rings (SSSR count). The number of nitrogens with one attached hydrogen (secondary N) is 2. The fourth-order valence-electron chi connectivity index (χ4n) is 9.93. The van der Waals surface area contributed by atoms with Crippen LogP contribution in [0.1, 0.15) is 69.4 Å². The number of nitrogens with zero attached hydrogens (tertiary/aromatic N) is 4. The minimum atomic E-state index is -4.72. The predicted molar refractivity (Wildman–Crippen MR) is 410 cm³/mol. The summed E-state index contributed by atoms with van der Waals surface area (Å²) in [6.45, 7) is 29.8. The Kier molecular flexibility index (Phi) is 30.6. The first-order valence-corrected chi connectivity index (χ1v) is 34.7. The minimum absolute atomic E-state index is 0.000255. The topological polar surface area (TPSA) is 177 Å². The van der Waals surface area contributed by atoms with E-state index in [1.165, 1.54) is 103 Å².